The molecule has 1 amide bonds. The maximum Gasteiger partial charge on any atom is 0.234 e. The van der Waals surface area contributed by atoms with Crippen molar-refractivity contribution in [1.82, 2.24) is 9.88 Å². The minimum absolute atomic E-state index is 0.133. The van der Waals surface area contributed by atoms with Gasteiger partial charge in [0.2, 0.25) is 5.91 Å². The predicted octanol–water partition coefficient (Wildman–Crippen LogP) is 3.96. The van der Waals surface area contributed by atoms with E-state index in [0.29, 0.717) is 0 Å². The lowest BCUT2D eigenvalue weighted by Gasteiger charge is -2.37. The normalized spacial score (nSPS) is 18.3. The summed E-state index contributed by atoms with van der Waals surface area (Å²) in [4.78, 5) is 19.1. The molecule has 0 unspecified atom stereocenters. The van der Waals surface area contributed by atoms with Crippen molar-refractivity contribution in [2.24, 2.45) is 5.92 Å². The topological polar surface area (TPSA) is 36.1 Å². The zero-order valence-corrected chi connectivity index (χ0v) is 16.2. The number of carbonyl (C=O) groups is 1. The van der Waals surface area contributed by atoms with Gasteiger partial charge in [0.1, 0.15) is 0 Å². The van der Waals surface area contributed by atoms with Gasteiger partial charge in [-0.1, -0.05) is 61.0 Å². The molecule has 6 rings (SSSR count). The average molecular weight is 378 g/mol. The summed E-state index contributed by atoms with van der Waals surface area (Å²) >= 11 is 0. The van der Waals surface area contributed by atoms with Gasteiger partial charge < -0.3 is 4.98 Å². The Morgan fingerprint density at radius 3 is 2.62 bits per heavy atom. The Bertz CT molecular complexity index is 1330. The second kappa shape index (κ2) is 6.35. The van der Waals surface area contributed by atoms with Gasteiger partial charge in [-0.25, -0.2) is 0 Å². The van der Waals surface area contributed by atoms with Crippen LogP contribution in [0.25, 0.3) is 22.2 Å². The van der Waals surface area contributed by atoms with E-state index in [4.69, 9.17) is 0 Å². The number of H-pyrrole nitrogens is 1. The molecule has 1 aliphatic heterocycles. The fourth-order valence-corrected chi connectivity index (χ4v) is 4.80. The number of nitrogens with one attached hydrogen (secondary N) is 1. The molecule has 3 heteroatoms. The first-order chi connectivity index (χ1) is 14.3. The molecular weight excluding hydrogens is 356 g/mol. The van der Waals surface area contributed by atoms with Gasteiger partial charge in [0, 0.05) is 33.8 Å². The van der Waals surface area contributed by atoms with Gasteiger partial charge in [0.25, 0.3) is 0 Å². The number of carbonyl (C=O) groups excluding carboxylic acids is 1. The summed E-state index contributed by atoms with van der Waals surface area (Å²) in [6.45, 7) is 0. The maximum absolute atomic E-state index is 13.7. The lowest BCUT2D eigenvalue weighted by Crippen LogP contribution is -2.47. The average Bonchev–Trinajstić information content (AvgIpc) is 3.15. The van der Waals surface area contributed by atoms with Crippen LogP contribution >= 0.6 is 0 Å². The molecule has 29 heavy (non-hydrogen) atoms. The Morgan fingerprint density at radius 2 is 1.79 bits per heavy atom. The number of aromatic amines is 1. The molecule has 3 nitrogen and oxygen atoms in total. The van der Waals surface area contributed by atoms with Gasteiger partial charge in [-0.15, -0.1) is 0 Å². The van der Waals surface area contributed by atoms with Gasteiger partial charge >= 0.3 is 0 Å². The molecule has 3 aromatic rings. The number of para-hydroxylation sites is 1. The number of allylic oxidation sites excluding steroid dienone is 4. The fraction of sp³-hybridized carbons (Fsp3) is 0.192. The highest BCUT2D eigenvalue weighted by atomic mass is 16.2. The molecule has 2 aromatic carbocycles. The Kier molecular flexibility index (Phi) is 3.63. The number of fused-ring (bicyclic) bond motifs is 3. The van der Waals surface area contributed by atoms with Crippen molar-refractivity contribution >= 4 is 28.1 Å². The third-order valence-corrected chi connectivity index (χ3v) is 6.51. The molecule has 142 valence electrons. The van der Waals surface area contributed by atoms with Crippen LogP contribution in [0.5, 0.6) is 0 Å². The Hall–Kier alpha value is -3.33. The first-order valence-electron chi connectivity index (χ1n) is 10.4. The van der Waals surface area contributed by atoms with Crippen molar-refractivity contribution in [3.63, 3.8) is 0 Å². The van der Waals surface area contributed by atoms with Gasteiger partial charge in [-0.05, 0) is 42.2 Å². The largest absolute Gasteiger partial charge is 0.360 e. The second-order valence-corrected chi connectivity index (χ2v) is 8.11. The molecule has 1 aromatic heterocycles. The van der Waals surface area contributed by atoms with E-state index >= 15 is 0 Å². The number of hydrogen-bond acceptors (Lipinski definition) is 1. The van der Waals surface area contributed by atoms with Crippen LogP contribution in [0.1, 0.15) is 31.2 Å². The van der Waals surface area contributed by atoms with E-state index in [1.165, 1.54) is 10.8 Å². The number of nitrogens with zero attached hydrogens (tertiary/aromatic N) is 1. The Morgan fingerprint density at radius 1 is 1.00 bits per heavy atom. The van der Waals surface area contributed by atoms with Gasteiger partial charge in [0.15, 0.2) is 0 Å². The molecule has 2 aliphatic carbocycles. The maximum atomic E-state index is 13.7. The van der Waals surface area contributed by atoms with E-state index < -0.39 is 0 Å². The molecule has 0 saturated heterocycles. The highest BCUT2D eigenvalue weighted by Crippen LogP contribution is 2.38. The lowest BCUT2D eigenvalue weighted by molar-refractivity contribution is -0.133. The van der Waals surface area contributed by atoms with Crippen molar-refractivity contribution < 1.29 is 4.79 Å². The third kappa shape index (κ3) is 2.40. The molecule has 1 fully saturated rings. The molecule has 0 bridgehead atoms. The number of hydrogen-bond donors (Lipinski definition) is 1. The molecule has 0 radical (unpaired) electrons. The van der Waals surface area contributed by atoms with Crippen LogP contribution in [0.4, 0.5) is 0 Å². The number of rotatable bonds is 2. The second-order valence-electron chi connectivity index (χ2n) is 8.11. The molecule has 1 N–H and O–H groups in total. The quantitative estimate of drug-likeness (QED) is 0.720. The minimum atomic E-state index is 0.133. The molecule has 0 spiro atoms. The van der Waals surface area contributed by atoms with Gasteiger partial charge in [0.05, 0.1) is 11.4 Å². The summed E-state index contributed by atoms with van der Waals surface area (Å²) in [6, 6.07) is 16.9. The predicted molar refractivity (Wildman–Crippen MR) is 116 cm³/mol. The van der Waals surface area contributed by atoms with Crippen molar-refractivity contribution in [3.8, 4) is 0 Å². The summed E-state index contributed by atoms with van der Waals surface area (Å²) in [5.74, 6) is 0.374. The summed E-state index contributed by atoms with van der Waals surface area (Å²) in [5, 5.41) is 3.53. The van der Waals surface area contributed by atoms with Crippen LogP contribution in [-0.4, -0.2) is 15.8 Å². The van der Waals surface area contributed by atoms with Crippen LogP contribution in [0, 0.1) is 5.92 Å². The smallest absolute Gasteiger partial charge is 0.234 e. The summed E-state index contributed by atoms with van der Waals surface area (Å²) in [5.41, 5.74) is 5.49. The van der Waals surface area contributed by atoms with Crippen molar-refractivity contribution in [2.45, 2.75) is 25.7 Å². The molecule has 1 saturated carbocycles. The monoisotopic (exact) mass is 378 g/mol. The van der Waals surface area contributed by atoms with Crippen molar-refractivity contribution in [3.05, 3.63) is 94.7 Å². The Labute approximate surface area is 169 Å². The molecular formula is C26H22N2O. The summed E-state index contributed by atoms with van der Waals surface area (Å²) in [7, 11) is 0. The first kappa shape index (κ1) is 16.6. The van der Waals surface area contributed by atoms with Crippen molar-refractivity contribution in [1.29, 1.82) is 0 Å². The van der Waals surface area contributed by atoms with Crippen molar-refractivity contribution in [2.75, 3.05) is 0 Å². The molecule has 3 aliphatic rings. The van der Waals surface area contributed by atoms with Gasteiger partial charge in [-0.2, -0.15) is 0 Å². The Balaban J connectivity index is 1.72. The standard InChI is InChI=1S/C26H22N2O/c29-26(17-8-7-9-17)28-24-15-6-4-12-20(24)18-10-1-2-13-21(18)25(28)22-16-27-23-14-5-3-11-19(22)23/h1-6,10-11,13-17,27H,7-9,12H2. The SMILES string of the molecule is O=C(C1CCC1)N1C2=CC=CCC2=c2ccccc2=C1c1c[nH]c2ccccc12. The number of amides is 1. The first-order valence-corrected chi connectivity index (χ1v) is 10.4. The van der Waals surface area contributed by atoms with Gasteiger partial charge in [-0.3, -0.25) is 9.69 Å². The van der Waals surface area contributed by atoms with Crippen LogP contribution in [0.2, 0.25) is 0 Å². The zero-order valence-electron chi connectivity index (χ0n) is 16.2. The number of aromatic nitrogens is 1. The molecule has 0 atom stereocenters. The van der Waals surface area contributed by atoms with E-state index in [1.54, 1.807) is 0 Å². The number of benzene rings is 2. The lowest BCUT2D eigenvalue weighted by atomic mass is 9.82. The van der Waals surface area contributed by atoms with Crippen LogP contribution in [0.15, 0.2) is 78.7 Å². The van der Waals surface area contributed by atoms with E-state index in [9.17, 15) is 4.79 Å². The van der Waals surface area contributed by atoms with Crippen LogP contribution < -0.4 is 10.4 Å². The minimum Gasteiger partial charge on any atom is -0.360 e. The fourth-order valence-electron chi connectivity index (χ4n) is 4.80. The highest BCUT2D eigenvalue weighted by Gasteiger charge is 2.37. The zero-order chi connectivity index (χ0) is 19.4. The van der Waals surface area contributed by atoms with E-state index in [1.807, 2.05) is 11.0 Å². The molecule has 2 heterocycles. The van der Waals surface area contributed by atoms with E-state index in [2.05, 4.69) is 71.9 Å². The van der Waals surface area contributed by atoms with E-state index in [0.717, 1.165) is 58.8 Å². The van der Waals surface area contributed by atoms with Crippen LogP contribution in [-0.2, 0) is 4.79 Å². The van der Waals surface area contributed by atoms with Crippen LogP contribution in [0.3, 0.4) is 0 Å². The van der Waals surface area contributed by atoms with E-state index in [-0.39, 0.29) is 11.8 Å². The summed E-state index contributed by atoms with van der Waals surface area (Å²) < 4.78 is 0. The third-order valence-electron chi connectivity index (χ3n) is 6.51. The highest BCUT2D eigenvalue weighted by molar-refractivity contribution is 6.01. The summed E-state index contributed by atoms with van der Waals surface area (Å²) in [6.07, 6.45) is 12.4.